The minimum absolute atomic E-state index is 0.0854. The van der Waals surface area contributed by atoms with Crippen LogP contribution < -0.4 is 5.32 Å². The van der Waals surface area contributed by atoms with Gasteiger partial charge in [-0.05, 0) is 23.1 Å². The van der Waals surface area contributed by atoms with Crippen molar-refractivity contribution in [2.75, 3.05) is 13.1 Å². The molecule has 1 rings (SSSR count). The van der Waals surface area contributed by atoms with Crippen LogP contribution in [-0.4, -0.2) is 18.9 Å². The van der Waals surface area contributed by atoms with Gasteiger partial charge in [-0.2, -0.15) is 0 Å². The molecule has 2 nitrogen and oxygen atoms in total. The van der Waals surface area contributed by atoms with E-state index in [1.54, 1.807) is 0 Å². The minimum atomic E-state index is 0.0854. The molecule has 1 N–H and O–H groups in total. The molecule has 1 atom stereocenters. The average Bonchev–Trinajstić information content (AvgIpc) is 2.35. The lowest BCUT2D eigenvalue weighted by Crippen LogP contribution is -2.27. The van der Waals surface area contributed by atoms with Gasteiger partial charge in [-0.1, -0.05) is 58.9 Å². The van der Waals surface area contributed by atoms with Crippen LogP contribution in [0.5, 0.6) is 0 Å². The summed E-state index contributed by atoms with van der Waals surface area (Å²) in [4.78, 5) is 12.1. The zero-order valence-electron chi connectivity index (χ0n) is 12.9. The van der Waals surface area contributed by atoms with Crippen LogP contribution in [0.3, 0.4) is 0 Å². The van der Waals surface area contributed by atoms with Crippen LogP contribution in [0.25, 0.3) is 0 Å². The Morgan fingerprint density at radius 3 is 2.26 bits per heavy atom. The summed E-state index contributed by atoms with van der Waals surface area (Å²) < 4.78 is 0. The van der Waals surface area contributed by atoms with Crippen molar-refractivity contribution >= 4 is 5.78 Å². The molecule has 0 bridgehead atoms. The quantitative estimate of drug-likeness (QED) is 0.851. The van der Waals surface area contributed by atoms with Crippen LogP contribution in [0.2, 0.25) is 0 Å². The molecule has 0 saturated carbocycles. The Labute approximate surface area is 117 Å². The number of ketones is 1. The molecule has 1 aromatic rings. The normalized spacial score (nSPS) is 13.3. The van der Waals surface area contributed by atoms with E-state index in [1.807, 2.05) is 6.92 Å². The van der Waals surface area contributed by atoms with Gasteiger partial charge in [0.1, 0.15) is 5.78 Å². The second kappa shape index (κ2) is 6.85. The molecule has 0 aliphatic heterocycles. The molecular weight excluding hydrogens is 234 g/mol. The van der Waals surface area contributed by atoms with E-state index in [-0.39, 0.29) is 11.3 Å². The molecule has 0 radical (unpaired) electrons. The maximum atomic E-state index is 12.1. The van der Waals surface area contributed by atoms with Crippen LogP contribution in [0.1, 0.15) is 45.7 Å². The van der Waals surface area contributed by atoms with Gasteiger partial charge < -0.3 is 5.32 Å². The molecular formula is C17H27NO. The second-order valence-corrected chi connectivity index (χ2v) is 6.30. The fourth-order valence-electron chi connectivity index (χ4n) is 1.97. The summed E-state index contributed by atoms with van der Waals surface area (Å²) in [5, 5.41) is 3.22. The highest BCUT2D eigenvalue weighted by Gasteiger charge is 2.15. The number of hydrogen-bond acceptors (Lipinski definition) is 2. The molecule has 0 aliphatic rings. The summed E-state index contributed by atoms with van der Waals surface area (Å²) in [6.45, 7) is 12.3. The van der Waals surface area contributed by atoms with E-state index in [9.17, 15) is 4.79 Å². The Balaban J connectivity index is 2.60. The van der Waals surface area contributed by atoms with Crippen molar-refractivity contribution in [2.24, 2.45) is 5.92 Å². The van der Waals surface area contributed by atoms with Crippen molar-refractivity contribution in [3.05, 3.63) is 35.4 Å². The molecule has 1 aromatic carbocycles. The first-order valence-corrected chi connectivity index (χ1v) is 7.17. The Morgan fingerprint density at radius 1 is 1.21 bits per heavy atom. The zero-order chi connectivity index (χ0) is 14.5. The van der Waals surface area contributed by atoms with Crippen LogP contribution in [0.15, 0.2) is 24.3 Å². The van der Waals surface area contributed by atoms with Crippen molar-refractivity contribution in [3.63, 3.8) is 0 Å². The van der Waals surface area contributed by atoms with Gasteiger partial charge in [-0.3, -0.25) is 4.79 Å². The summed E-state index contributed by atoms with van der Waals surface area (Å²) in [5.74, 6) is 0.395. The van der Waals surface area contributed by atoms with Crippen LogP contribution in [0.4, 0.5) is 0 Å². The number of rotatable bonds is 6. The summed E-state index contributed by atoms with van der Waals surface area (Å²) in [6.07, 6.45) is 0.539. The van der Waals surface area contributed by atoms with Gasteiger partial charge >= 0.3 is 0 Å². The standard InChI is InChI=1S/C17H27NO/c1-6-18-12-13(2)16(19)11-14-7-9-15(10-8-14)17(3,4)5/h7-10,13,18H,6,11-12H2,1-5H3. The largest absolute Gasteiger partial charge is 0.316 e. The fraction of sp³-hybridized carbons (Fsp3) is 0.588. The smallest absolute Gasteiger partial charge is 0.141 e. The first-order chi connectivity index (χ1) is 8.84. The minimum Gasteiger partial charge on any atom is -0.316 e. The third-order valence-electron chi connectivity index (χ3n) is 3.45. The zero-order valence-corrected chi connectivity index (χ0v) is 12.9. The maximum Gasteiger partial charge on any atom is 0.141 e. The monoisotopic (exact) mass is 261 g/mol. The van der Waals surface area contributed by atoms with Crippen molar-refractivity contribution in [2.45, 2.75) is 46.5 Å². The van der Waals surface area contributed by atoms with E-state index < -0.39 is 0 Å². The fourth-order valence-corrected chi connectivity index (χ4v) is 1.97. The summed E-state index contributed by atoms with van der Waals surface area (Å²) in [6, 6.07) is 8.44. The van der Waals surface area contributed by atoms with E-state index in [4.69, 9.17) is 0 Å². The lowest BCUT2D eigenvalue weighted by molar-refractivity contribution is -0.121. The summed E-state index contributed by atoms with van der Waals surface area (Å²) in [5.41, 5.74) is 2.59. The van der Waals surface area contributed by atoms with E-state index in [0.29, 0.717) is 12.2 Å². The molecule has 0 amide bonds. The number of carbonyl (C=O) groups is 1. The van der Waals surface area contributed by atoms with Gasteiger partial charge in [-0.25, -0.2) is 0 Å². The first kappa shape index (κ1) is 15.9. The Hall–Kier alpha value is -1.15. The molecule has 1 unspecified atom stereocenters. The van der Waals surface area contributed by atoms with Crippen LogP contribution in [-0.2, 0) is 16.6 Å². The molecule has 0 heterocycles. The lowest BCUT2D eigenvalue weighted by Gasteiger charge is -2.19. The van der Waals surface area contributed by atoms with Crippen molar-refractivity contribution in [1.29, 1.82) is 0 Å². The summed E-state index contributed by atoms with van der Waals surface area (Å²) >= 11 is 0. The molecule has 2 heteroatoms. The molecule has 106 valence electrons. The van der Waals surface area contributed by atoms with Crippen molar-refractivity contribution < 1.29 is 4.79 Å². The van der Waals surface area contributed by atoms with Crippen LogP contribution >= 0.6 is 0 Å². The Kier molecular flexibility index (Phi) is 5.74. The highest BCUT2D eigenvalue weighted by molar-refractivity contribution is 5.83. The Bertz CT molecular complexity index is 400. The van der Waals surface area contributed by atoms with E-state index in [1.165, 1.54) is 5.56 Å². The highest BCUT2D eigenvalue weighted by Crippen LogP contribution is 2.22. The van der Waals surface area contributed by atoms with E-state index >= 15 is 0 Å². The number of Topliss-reactive ketones (excluding diaryl/α,β-unsaturated/α-hetero) is 1. The van der Waals surface area contributed by atoms with Gasteiger partial charge in [0.05, 0.1) is 0 Å². The predicted octanol–water partition coefficient (Wildman–Crippen LogP) is 3.34. The van der Waals surface area contributed by atoms with Gasteiger partial charge in [-0.15, -0.1) is 0 Å². The topological polar surface area (TPSA) is 29.1 Å². The molecule has 0 aromatic heterocycles. The van der Waals surface area contributed by atoms with Crippen molar-refractivity contribution in [3.8, 4) is 0 Å². The number of nitrogens with one attached hydrogen (secondary N) is 1. The van der Waals surface area contributed by atoms with Crippen molar-refractivity contribution in [1.82, 2.24) is 5.32 Å². The van der Waals surface area contributed by atoms with Gasteiger partial charge in [0.15, 0.2) is 0 Å². The molecule has 0 aliphatic carbocycles. The number of hydrogen-bond donors (Lipinski definition) is 1. The first-order valence-electron chi connectivity index (χ1n) is 7.17. The molecule has 19 heavy (non-hydrogen) atoms. The van der Waals surface area contributed by atoms with Gasteiger partial charge in [0.2, 0.25) is 0 Å². The van der Waals surface area contributed by atoms with Gasteiger partial charge in [0, 0.05) is 18.9 Å². The molecule has 0 spiro atoms. The third-order valence-corrected chi connectivity index (χ3v) is 3.45. The lowest BCUT2D eigenvalue weighted by atomic mass is 9.86. The number of benzene rings is 1. The second-order valence-electron chi connectivity index (χ2n) is 6.30. The van der Waals surface area contributed by atoms with Gasteiger partial charge in [0.25, 0.3) is 0 Å². The third kappa shape index (κ3) is 5.15. The average molecular weight is 261 g/mol. The molecule has 0 saturated heterocycles. The van der Waals surface area contributed by atoms with E-state index in [0.717, 1.165) is 18.7 Å². The highest BCUT2D eigenvalue weighted by atomic mass is 16.1. The molecule has 0 fully saturated rings. The SMILES string of the molecule is CCNCC(C)C(=O)Cc1ccc(C(C)(C)C)cc1. The maximum absolute atomic E-state index is 12.1. The number of carbonyl (C=O) groups excluding carboxylic acids is 1. The van der Waals surface area contributed by atoms with E-state index in [2.05, 4.69) is 57.3 Å². The summed E-state index contributed by atoms with van der Waals surface area (Å²) in [7, 11) is 0. The predicted molar refractivity (Wildman–Crippen MR) is 81.6 cm³/mol. The van der Waals surface area contributed by atoms with Crippen LogP contribution in [0, 0.1) is 5.92 Å². The Morgan fingerprint density at radius 2 is 1.79 bits per heavy atom.